The number of nitrogens with one attached hydrogen (secondary N) is 1. The van der Waals surface area contributed by atoms with Crippen LogP contribution in [0.4, 0.5) is 8.78 Å². The molecule has 0 amide bonds. The molecule has 1 atom stereocenters. The summed E-state index contributed by atoms with van der Waals surface area (Å²) in [5, 5.41) is 14.9. The summed E-state index contributed by atoms with van der Waals surface area (Å²) in [6.45, 7) is 1.28. The van der Waals surface area contributed by atoms with Gasteiger partial charge in [0.25, 0.3) is 0 Å². The SMILES string of the molecule is COc1c(F)cc(C(C)F)cc1-c1cc(C(=O)O)[nH]n1. The number of carbonyl (C=O) groups is 1. The quantitative estimate of drug-likeness (QED) is 0.904. The van der Waals surface area contributed by atoms with Gasteiger partial charge < -0.3 is 9.84 Å². The minimum Gasteiger partial charge on any atom is -0.493 e. The monoisotopic (exact) mass is 282 g/mol. The van der Waals surface area contributed by atoms with E-state index in [9.17, 15) is 13.6 Å². The van der Waals surface area contributed by atoms with Gasteiger partial charge in [-0.05, 0) is 30.7 Å². The van der Waals surface area contributed by atoms with Crippen LogP contribution in [0.1, 0.15) is 29.1 Å². The van der Waals surface area contributed by atoms with Crippen LogP contribution in [-0.4, -0.2) is 28.4 Å². The molecule has 0 aliphatic rings. The number of H-pyrrole nitrogens is 1. The second-order valence-electron chi connectivity index (χ2n) is 4.17. The average molecular weight is 282 g/mol. The number of benzene rings is 1. The van der Waals surface area contributed by atoms with E-state index < -0.39 is 18.0 Å². The van der Waals surface area contributed by atoms with Gasteiger partial charge >= 0.3 is 5.97 Å². The van der Waals surface area contributed by atoms with Gasteiger partial charge in [0, 0.05) is 5.56 Å². The molecule has 1 heterocycles. The summed E-state index contributed by atoms with van der Waals surface area (Å²) in [7, 11) is 1.27. The Labute approximate surface area is 113 Å². The van der Waals surface area contributed by atoms with E-state index in [1.54, 1.807) is 0 Å². The fourth-order valence-electron chi connectivity index (χ4n) is 1.81. The van der Waals surface area contributed by atoms with Crippen molar-refractivity contribution in [2.45, 2.75) is 13.1 Å². The van der Waals surface area contributed by atoms with Crippen molar-refractivity contribution >= 4 is 5.97 Å². The molecule has 0 saturated carbocycles. The van der Waals surface area contributed by atoms with E-state index in [1.807, 2.05) is 0 Å². The van der Waals surface area contributed by atoms with Gasteiger partial charge in [-0.3, -0.25) is 5.10 Å². The maximum atomic E-state index is 13.9. The highest BCUT2D eigenvalue weighted by atomic mass is 19.1. The first-order chi connectivity index (χ1) is 9.43. The molecule has 0 fully saturated rings. The van der Waals surface area contributed by atoms with Gasteiger partial charge in [-0.25, -0.2) is 13.6 Å². The summed E-state index contributed by atoms with van der Waals surface area (Å²) in [5.74, 6) is -2.04. The number of aromatic nitrogens is 2. The summed E-state index contributed by atoms with van der Waals surface area (Å²) in [5.41, 5.74) is 0.329. The van der Waals surface area contributed by atoms with Crippen LogP contribution in [0.5, 0.6) is 5.75 Å². The molecule has 0 radical (unpaired) electrons. The van der Waals surface area contributed by atoms with Crippen LogP contribution in [0, 0.1) is 5.82 Å². The van der Waals surface area contributed by atoms with Gasteiger partial charge in [0.05, 0.1) is 12.8 Å². The molecule has 0 aliphatic heterocycles. The first-order valence-corrected chi connectivity index (χ1v) is 5.74. The van der Waals surface area contributed by atoms with Crippen molar-refractivity contribution in [1.82, 2.24) is 10.2 Å². The predicted octanol–water partition coefficient (Wildman–Crippen LogP) is 2.95. The average Bonchev–Trinajstić information content (AvgIpc) is 2.87. The maximum absolute atomic E-state index is 13.9. The molecule has 0 aliphatic carbocycles. The molecular weight excluding hydrogens is 270 g/mol. The topological polar surface area (TPSA) is 75.2 Å². The number of hydrogen-bond acceptors (Lipinski definition) is 3. The van der Waals surface area contributed by atoms with Crippen LogP contribution in [0.3, 0.4) is 0 Å². The Hall–Kier alpha value is -2.44. The summed E-state index contributed by atoms with van der Waals surface area (Å²) in [4.78, 5) is 10.8. The summed E-state index contributed by atoms with van der Waals surface area (Å²) in [6.07, 6.45) is -1.37. The fraction of sp³-hybridized carbons (Fsp3) is 0.231. The number of aromatic carboxylic acids is 1. The third-order valence-corrected chi connectivity index (χ3v) is 2.81. The molecule has 0 saturated heterocycles. The molecule has 2 N–H and O–H groups in total. The van der Waals surface area contributed by atoms with E-state index in [0.29, 0.717) is 0 Å². The lowest BCUT2D eigenvalue weighted by atomic mass is 10.0. The highest BCUT2D eigenvalue weighted by molar-refractivity contribution is 5.87. The number of carboxylic acid groups (broad SMARTS) is 1. The van der Waals surface area contributed by atoms with E-state index in [-0.39, 0.29) is 28.3 Å². The van der Waals surface area contributed by atoms with Crippen molar-refractivity contribution in [2.24, 2.45) is 0 Å². The normalized spacial score (nSPS) is 12.2. The van der Waals surface area contributed by atoms with Crippen molar-refractivity contribution in [2.75, 3.05) is 7.11 Å². The number of alkyl halides is 1. The van der Waals surface area contributed by atoms with Crippen molar-refractivity contribution in [3.63, 3.8) is 0 Å². The lowest BCUT2D eigenvalue weighted by Crippen LogP contribution is -1.96. The molecular formula is C13H12F2N2O3. The Balaban J connectivity index is 2.60. The number of rotatable bonds is 4. The first-order valence-electron chi connectivity index (χ1n) is 5.74. The Morgan fingerprint density at radius 3 is 2.65 bits per heavy atom. The second kappa shape index (κ2) is 5.28. The molecule has 1 aromatic carbocycles. The predicted molar refractivity (Wildman–Crippen MR) is 67.0 cm³/mol. The molecule has 1 aromatic heterocycles. The second-order valence-corrected chi connectivity index (χ2v) is 4.17. The molecule has 2 rings (SSSR count). The Bertz CT molecular complexity index is 653. The maximum Gasteiger partial charge on any atom is 0.353 e. The standard InChI is InChI=1S/C13H12F2N2O3/c1-6(14)7-3-8(12(20-2)9(15)4-7)10-5-11(13(18)19)17-16-10/h3-6H,1-2H3,(H,16,17)(H,18,19). The molecule has 7 heteroatoms. The van der Waals surface area contributed by atoms with Gasteiger partial charge in [-0.1, -0.05) is 0 Å². The van der Waals surface area contributed by atoms with E-state index in [0.717, 1.165) is 6.07 Å². The van der Waals surface area contributed by atoms with Gasteiger partial charge in [-0.15, -0.1) is 0 Å². The van der Waals surface area contributed by atoms with Crippen molar-refractivity contribution < 1.29 is 23.4 Å². The van der Waals surface area contributed by atoms with Crippen LogP contribution in [0.2, 0.25) is 0 Å². The van der Waals surface area contributed by atoms with Gasteiger partial charge in [0.15, 0.2) is 11.6 Å². The molecule has 106 valence electrons. The van der Waals surface area contributed by atoms with Gasteiger partial charge in [0.2, 0.25) is 0 Å². The third-order valence-electron chi connectivity index (χ3n) is 2.81. The highest BCUT2D eigenvalue weighted by Crippen LogP contribution is 2.35. The lowest BCUT2D eigenvalue weighted by Gasteiger charge is -2.11. The first kappa shape index (κ1) is 14.0. The van der Waals surface area contributed by atoms with E-state index in [4.69, 9.17) is 9.84 Å². The molecule has 1 unspecified atom stereocenters. The Morgan fingerprint density at radius 1 is 1.45 bits per heavy atom. The number of carboxylic acids is 1. The number of hydrogen-bond donors (Lipinski definition) is 2. The third kappa shape index (κ3) is 2.47. The van der Waals surface area contributed by atoms with Crippen LogP contribution < -0.4 is 4.74 Å². The summed E-state index contributed by atoms with van der Waals surface area (Å²) in [6, 6.07) is 3.65. The fourth-order valence-corrected chi connectivity index (χ4v) is 1.81. The van der Waals surface area contributed by atoms with Crippen molar-refractivity contribution in [3.05, 3.63) is 35.3 Å². The number of methoxy groups -OCH3 is 1. The highest BCUT2D eigenvalue weighted by Gasteiger charge is 2.19. The Kier molecular flexibility index (Phi) is 3.69. The van der Waals surface area contributed by atoms with Gasteiger partial charge in [-0.2, -0.15) is 5.10 Å². The van der Waals surface area contributed by atoms with E-state index in [2.05, 4.69) is 10.2 Å². The smallest absolute Gasteiger partial charge is 0.353 e. The zero-order valence-corrected chi connectivity index (χ0v) is 10.8. The molecule has 0 bridgehead atoms. The molecule has 0 spiro atoms. The van der Waals surface area contributed by atoms with E-state index >= 15 is 0 Å². The number of ether oxygens (including phenoxy) is 1. The molecule has 5 nitrogen and oxygen atoms in total. The van der Waals surface area contributed by atoms with Crippen LogP contribution in [-0.2, 0) is 0 Å². The number of aromatic amines is 1. The zero-order valence-electron chi connectivity index (χ0n) is 10.8. The Morgan fingerprint density at radius 2 is 2.15 bits per heavy atom. The molecule has 20 heavy (non-hydrogen) atoms. The van der Waals surface area contributed by atoms with Crippen LogP contribution in [0.25, 0.3) is 11.3 Å². The number of halogens is 2. The van der Waals surface area contributed by atoms with Crippen molar-refractivity contribution in [3.8, 4) is 17.0 Å². The zero-order chi connectivity index (χ0) is 14.9. The molecule has 2 aromatic rings. The minimum atomic E-state index is -1.37. The van der Waals surface area contributed by atoms with Crippen LogP contribution >= 0.6 is 0 Å². The minimum absolute atomic E-state index is 0.113. The number of nitrogens with zero attached hydrogens (tertiary/aromatic N) is 1. The van der Waals surface area contributed by atoms with Crippen molar-refractivity contribution in [1.29, 1.82) is 0 Å². The van der Waals surface area contributed by atoms with Crippen LogP contribution in [0.15, 0.2) is 18.2 Å². The van der Waals surface area contributed by atoms with E-state index in [1.165, 1.54) is 26.2 Å². The lowest BCUT2D eigenvalue weighted by molar-refractivity contribution is 0.0690. The summed E-state index contributed by atoms with van der Waals surface area (Å²) >= 11 is 0. The summed E-state index contributed by atoms with van der Waals surface area (Å²) < 4.78 is 32.2. The largest absolute Gasteiger partial charge is 0.493 e. The van der Waals surface area contributed by atoms with Gasteiger partial charge in [0.1, 0.15) is 11.9 Å².